The molecule has 0 bridgehead atoms. The van der Waals surface area contributed by atoms with Gasteiger partial charge >= 0.3 is 0 Å². The third-order valence-electron chi connectivity index (χ3n) is 4.14. The van der Waals surface area contributed by atoms with Crippen LogP contribution >= 0.6 is 0 Å². The molecule has 2 aromatic rings. The summed E-state index contributed by atoms with van der Waals surface area (Å²) in [5.74, 6) is 0.576. The van der Waals surface area contributed by atoms with Crippen molar-refractivity contribution in [2.75, 3.05) is 0 Å². The highest BCUT2D eigenvalue weighted by Crippen LogP contribution is 2.31. The molecule has 0 amide bonds. The first kappa shape index (κ1) is 16.0. The topological polar surface area (TPSA) is 39.2 Å². The summed E-state index contributed by atoms with van der Waals surface area (Å²) in [6, 6.07) is 4.54. The van der Waals surface area contributed by atoms with Crippen molar-refractivity contribution < 1.29 is 8.81 Å². The first-order chi connectivity index (χ1) is 10.1. The largest absolute Gasteiger partial charge is 0.459 e. The Kier molecular flexibility index (Phi) is 5.80. The van der Waals surface area contributed by atoms with Crippen molar-refractivity contribution in [2.24, 2.45) is 5.73 Å². The van der Waals surface area contributed by atoms with E-state index in [1.54, 1.807) is 6.07 Å². The lowest BCUT2D eigenvalue weighted by Crippen LogP contribution is -2.10. The molecule has 21 heavy (non-hydrogen) atoms. The van der Waals surface area contributed by atoms with Gasteiger partial charge in [0.2, 0.25) is 0 Å². The van der Waals surface area contributed by atoms with Crippen molar-refractivity contribution >= 4 is 11.0 Å². The second kappa shape index (κ2) is 7.60. The summed E-state index contributed by atoms with van der Waals surface area (Å²) in [6.07, 6.45) is 8.46. The van der Waals surface area contributed by atoms with E-state index in [0.29, 0.717) is 0 Å². The van der Waals surface area contributed by atoms with Gasteiger partial charge in [-0.2, -0.15) is 0 Å². The Morgan fingerprint density at radius 3 is 2.62 bits per heavy atom. The van der Waals surface area contributed by atoms with Crippen LogP contribution in [-0.4, -0.2) is 0 Å². The van der Waals surface area contributed by atoms with Crippen LogP contribution in [0, 0.1) is 12.7 Å². The average Bonchev–Trinajstić information content (AvgIpc) is 2.79. The van der Waals surface area contributed by atoms with Gasteiger partial charge in [0.15, 0.2) is 0 Å². The number of fused-ring (bicyclic) bond motifs is 1. The van der Waals surface area contributed by atoms with E-state index in [1.807, 2.05) is 6.92 Å². The Labute approximate surface area is 126 Å². The molecule has 0 saturated carbocycles. The molecule has 2 rings (SSSR count). The molecule has 0 spiro atoms. The molecule has 2 nitrogen and oxygen atoms in total. The van der Waals surface area contributed by atoms with Crippen molar-refractivity contribution in [3.8, 4) is 0 Å². The van der Waals surface area contributed by atoms with Crippen molar-refractivity contribution in [1.29, 1.82) is 0 Å². The average molecular weight is 291 g/mol. The standard InChI is InChI=1S/C18H26FNO/c1-3-4-5-6-7-8-9-16(20)18-13(2)15-12-14(19)10-11-17(15)21-18/h10-12,16H,3-9,20H2,1-2H3. The number of halogens is 1. The molecule has 1 unspecified atom stereocenters. The number of unbranched alkanes of at least 4 members (excludes halogenated alkanes) is 5. The van der Waals surface area contributed by atoms with Gasteiger partial charge in [-0.1, -0.05) is 45.4 Å². The summed E-state index contributed by atoms with van der Waals surface area (Å²) >= 11 is 0. The van der Waals surface area contributed by atoms with E-state index < -0.39 is 0 Å². The first-order valence-electron chi connectivity index (χ1n) is 8.07. The maximum atomic E-state index is 13.3. The summed E-state index contributed by atoms with van der Waals surface area (Å²) in [4.78, 5) is 0. The molecule has 1 atom stereocenters. The van der Waals surface area contributed by atoms with E-state index in [1.165, 1.54) is 44.2 Å². The Balaban J connectivity index is 1.93. The van der Waals surface area contributed by atoms with Gasteiger partial charge in [0.05, 0.1) is 6.04 Å². The SMILES string of the molecule is CCCCCCCCC(N)c1oc2ccc(F)cc2c1C. The predicted octanol–water partition coefficient (Wildman–Crippen LogP) is 5.63. The van der Waals surface area contributed by atoms with Gasteiger partial charge in [-0.15, -0.1) is 0 Å². The minimum atomic E-state index is -0.234. The zero-order chi connectivity index (χ0) is 15.2. The van der Waals surface area contributed by atoms with Crippen molar-refractivity contribution in [3.05, 3.63) is 35.3 Å². The maximum absolute atomic E-state index is 13.3. The minimum absolute atomic E-state index is 0.0911. The van der Waals surface area contributed by atoms with E-state index >= 15 is 0 Å². The molecule has 1 heterocycles. The fourth-order valence-electron chi connectivity index (χ4n) is 2.84. The van der Waals surface area contributed by atoms with Crippen LogP contribution in [0.15, 0.2) is 22.6 Å². The lowest BCUT2D eigenvalue weighted by atomic mass is 10.0. The minimum Gasteiger partial charge on any atom is -0.459 e. The highest BCUT2D eigenvalue weighted by molar-refractivity contribution is 5.82. The van der Waals surface area contributed by atoms with Crippen LogP contribution in [0.5, 0.6) is 0 Å². The van der Waals surface area contributed by atoms with Crippen LogP contribution in [0.4, 0.5) is 4.39 Å². The van der Waals surface area contributed by atoms with Crippen LogP contribution < -0.4 is 5.73 Å². The molecule has 1 aromatic heterocycles. The van der Waals surface area contributed by atoms with Gasteiger partial charge in [0, 0.05) is 10.9 Å². The van der Waals surface area contributed by atoms with Crippen molar-refractivity contribution in [3.63, 3.8) is 0 Å². The second-order valence-corrected chi connectivity index (χ2v) is 5.89. The zero-order valence-corrected chi connectivity index (χ0v) is 13.1. The first-order valence-corrected chi connectivity index (χ1v) is 8.07. The molecule has 0 aliphatic carbocycles. The molecular weight excluding hydrogens is 265 g/mol. The summed E-state index contributed by atoms with van der Waals surface area (Å²) in [7, 11) is 0. The van der Waals surface area contributed by atoms with Crippen molar-refractivity contribution in [1.82, 2.24) is 0 Å². The van der Waals surface area contributed by atoms with E-state index in [-0.39, 0.29) is 11.9 Å². The maximum Gasteiger partial charge on any atom is 0.134 e. The van der Waals surface area contributed by atoms with Gasteiger partial charge in [0.25, 0.3) is 0 Å². The summed E-state index contributed by atoms with van der Waals surface area (Å²) in [5.41, 5.74) is 7.95. The summed E-state index contributed by atoms with van der Waals surface area (Å²) < 4.78 is 19.1. The van der Waals surface area contributed by atoms with Crippen LogP contribution in [0.3, 0.4) is 0 Å². The molecule has 116 valence electrons. The number of hydrogen-bond donors (Lipinski definition) is 1. The molecule has 3 heteroatoms. The number of benzene rings is 1. The van der Waals surface area contributed by atoms with Crippen LogP contribution in [0.25, 0.3) is 11.0 Å². The Hall–Kier alpha value is -1.35. The highest BCUT2D eigenvalue weighted by atomic mass is 19.1. The Bertz CT molecular complexity index is 576. The van der Waals surface area contributed by atoms with Gasteiger partial charge in [-0.05, 0) is 31.5 Å². The molecule has 0 fully saturated rings. The van der Waals surface area contributed by atoms with Crippen LogP contribution in [0.1, 0.15) is 69.2 Å². The quantitative estimate of drug-likeness (QED) is 0.640. The summed E-state index contributed by atoms with van der Waals surface area (Å²) in [6.45, 7) is 4.19. The van der Waals surface area contributed by atoms with Crippen LogP contribution in [-0.2, 0) is 0 Å². The van der Waals surface area contributed by atoms with E-state index in [2.05, 4.69) is 6.92 Å². The van der Waals surface area contributed by atoms with E-state index in [9.17, 15) is 4.39 Å². The fourth-order valence-corrected chi connectivity index (χ4v) is 2.84. The Morgan fingerprint density at radius 1 is 1.14 bits per heavy atom. The normalized spacial score (nSPS) is 13.0. The second-order valence-electron chi connectivity index (χ2n) is 5.89. The number of furan rings is 1. The molecular formula is C18H26FNO. The number of aryl methyl sites for hydroxylation is 1. The van der Waals surface area contributed by atoms with Gasteiger partial charge in [0.1, 0.15) is 17.2 Å². The summed E-state index contributed by atoms with van der Waals surface area (Å²) in [5, 5.41) is 0.836. The molecule has 0 aliphatic heterocycles. The molecule has 2 N–H and O–H groups in total. The third-order valence-corrected chi connectivity index (χ3v) is 4.14. The highest BCUT2D eigenvalue weighted by Gasteiger charge is 2.17. The number of nitrogens with two attached hydrogens (primary N) is 1. The monoisotopic (exact) mass is 291 g/mol. The van der Waals surface area contributed by atoms with Gasteiger partial charge in [-0.3, -0.25) is 0 Å². The lowest BCUT2D eigenvalue weighted by molar-refractivity contribution is 0.456. The van der Waals surface area contributed by atoms with Gasteiger partial charge < -0.3 is 10.2 Å². The zero-order valence-electron chi connectivity index (χ0n) is 13.1. The number of hydrogen-bond acceptors (Lipinski definition) is 2. The van der Waals surface area contributed by atoms with Crippen LogP contribution in [0.2, 0.25) is 0 Å². The molecule has 0 aliphatic rings. The smallest absolute Gasteiger partial charge is 0.134 e. The molecule has 1 aromatic carbocycles. The lowest BCUT2D eigenvalue weighted by Gasteiger charge is -2.09. The predicted molar refractivity (Wildman–Crippen MR) is 85.8 cm³/mol. The van der Waals surface area contributed by atoms with Crippen molar-refractivity contribution in [2.45, 2.75) is 64.8 Å². The third kappa shape index (κ3) is 4.07. The fraction of sp³-hybridized carbons (Fsp3) is 0.556. The Morgan fingerprint density at radius 2 is 1.86 bits per heavy atom. The van der Waals surface area contributed by atoms with E-state index in [4.69, 9.17) is 10.2 Å². The molecule has 0 radical (unpaired) electrons. The van der Waals surface area contributed by atoms with Gasteiger partial charge in [-0.25, -0.2) is 4.39 Å². The number of rotatable bonds is 8. The van der Waals surface area contributed by atoms with E-state index in [0.717, 1.165) is 35.1 Å². The molecule has 0 saturated heterocycles.